The molecule has 10 heteroatoms. The quantitative estimate of drug-likeness (QED) is 0.696. The van der Waals surface area contributed by atoms with E-state index in [0.717, 1.165) is 25.9 Å². The van der Waals surface area contributed by atoms with Crippen molar-refractivity contribution in [2.75, 3.05) is 28.6 Å². The van der Waals surface area contributed by atoms with Crippen LogP contribution < -0.4 is 15.5 Å². The molecule has 2 aromatic rings. The van der Waals surface area contributed by atoms with Gasteiger partial charge >= 0.3 is 11.5 Å². The molecule has 28 heavy (non-hydrogen) atoms. The highest BCUT2D eigenvalue weighted by molar-refractivity contribution is 8.00. The molecule has 1 aromatic heterocycles. The van der Waals surface area contributed by atoms with Crippen LogP contribution in [0.1, 0.15) is 19.8 Å². The zero-order valence-corrected chi connectivity index (χ0v) is 16.0. The van der Waals surface area contributed by atoms with Gasteiger partial charge in [-0.15, -0.1) is 0 Å². The lowest BCUT2D eigenvalue weighted by Gasteiger charge is -2.30. The van der Waals surface area contributed by atoms with E-state index in [2.05, 4.69) is 32.4 Å². The summed E-state index contributed by atoms with van der Waals surface area (Å²) in [5.41, 5.74) is -3.54. The Bertz CT molecular complexity index is 790. The second-order valence-corrected chi connectivity index (χ2v) is 7.73. The first kappa shape index (κ1) is 20.2. The fraction of sp³-hybridized carbons (Fsp3) is 0.389. The molecule has 1 aliphatic rings. The maximum atomic E-state index is 12.3. The molecule has 2 amide bonds. The van der Waals surface area contributed by atoms with Crippen LogP contribution in [0.3, 0.4) is 0 Å². The summed E-state index contributed by atoms with van der Waals surface area (Å²) in [5.74, 6) is 1.35. The second kappa shape index (κ2) is 8.68. The molecule has 0 atom stereocenters. The lowest BCUT2D eigenvalue weighted by atomic mass is 10.00. The van der Waals surface area contributed by atoms with Crippen molar-refractivity contribution in [2.45, 2.75) is 30.2 Å². The predicted octanol–water partition coefficient (Wildman–Crippen LogP) is 4.97. The zero-order chi connectivity index (χ0) is 20.1. The van der Waals surface area contributed by atoms with Crippen LogP contribution in [0.2, 0.25) is 0 Å². The van der Waals surface area contributed by atoms with Crippen LogP contribution in [0.4, 0.5) is 35.3 Å². The third-order valence-electron chi connectivity index (χ3n) is 4.31. The number of piperidine rings is 1. The zero-order valence-electron chi connectivity index (χ0n) is 15.2. The Hall–Kier alpha value is -2.49. The van der Waals surface area contributed by atoms with Crippen molar-refractivity contribution in [1.29, 1.82) is 0 Å². The van der Waals surface area contributed by atoms with Crippen molar-refractivity contribution in [3.05, 3.63) is 36.7 Å². The molecule has 0 unspecified atom stereocenters. The van der Waals surface area contributed by atoms with E-state index in [-0.39, 0.29) is 16.7 Å². The SMILES string of the molecule is CC1CCN(c2ncc(NC(=O)Nc3ccc(SC(F)(F)F)cc3)cn2)CC1. The van der Waals surface area contributed by atoms with Gasteiger partial charge < -0.3 is 15.5 Å². The van der Waals surface area contributed by atoms with Gasteiger partial charge in [0.1, 0.15) is 0 Å². The van der Waals surface area contributed by atoms with Gasteiger partial charge in [0.15, 0.2) is 0 Å². The molecule has 1 saturated heterocycles. The van der Waals surface area contributed by atoms with Crippen molar-refractivity contribution < 1.29 is 18.0 Å². The minimum absolute atomic E-state index is 0.0505. The van der Waals surface area contributed by atoms with E-state index in [9.17, 15) is 18.0 Å². The summed E-state index contributed by atoms with van der Waals surface area (Å²) in [5, 5.41) is 5.16. The van der Waals surface area contributed by atoms with E-state index in [0.29, 0.717) is 23.2 Å². The van der Waals surface area contributed by atoms with E-state index in [1.807, 2.05) is 0 Å². The van der Waals surface area contributed by atoms with Crippen LogP contribution >= 0.6 is 11.8 Å². The van der Waals surface area contributed by atoms with Gasteiger partial charge in [0, 0.05) is 23.7 Å². The number of anilines is 3. The van der Waals surface area contributed by atoms with Crippen LogP contribution in [-0.2, 0) is 0 Å². The molecule has 6 nitrogen and oxygen atoms in total. The molecule has 2 N–H and O–H groups in total. The average Bonchev–Trinajstić information content (AvgIpc) is 2.63. The molecule has 1 aliphatic heterocycles. The highest BCUT2D eigenvalue weighted by atomic mass is 32.2. The van der Waals surface area contributed by atoms with Gasteiger partial charge in [-0.25, -0.2) is 14.8 Å². The number of alkyl halides is 3. The summed E-state index contributed by atoms with van der Waals surface area (Å²) in [7, 11) is 0. The van der Waals surface area contributed by atoms with E-state index >= 15 is 0 Å². The summed E-state index contributed by atoms with van der Waals surface area (Å²) in [6.45, 7) is 4.06. The number of nitrogens with zero attached hydrogens (tertiary/aromatic N) is 3. The highest BCUT2D eigenvalue weighted by Crippen LogP contribution is 2.37. The summed E-state index contributed by atoms with van der Waals surface area (Å²) in [6.07, 6.45) is 5.27. The maximum Gasteiger partial charge on any atom is 0.446 e. The topological polar surface area (TPSA) is 70.2 Å². The monoisotopic (exact) mass is 411 g/mol. The summed E-state index contributed by atoms with van der Waals surface area (Å²) in [6, 6.07) is 4.88. The molecule has 150 valence electrons. The molecule has 0 bridgehead atoms. The van der Waals surface area contributed by atoms with Gasteiger partial charge in [-0.3, -0.25) is 0 Å². The Balaban J connectivity index is 1.52. The number of nitrogens with one attached hydrogen (secondary N) is 2. The van der Waals surface area contributed by atoms with Crippen LogP contribution in [0.5, 0.6) is 0 Å². The first-order chi connectivity index (χ1) is 13.3. The van der Waals surface area contributed by atoms with Crippen LogP contribution in [0.15, 0.2) is 41.6 Å². The van der Waals surface area contributed by atoms with Crippen molar-refractivity contribution >= 4 is 35.1 Å². The number of rotatable bonds is 4. The Labute approximate surface area is 164 Å². The third-order valence-corrected chi connectivity index (χ3v) is 5.05. The first-order valence-corrected chi connectivity index (χ1v) is 9.61. The molecule has 1 aromatic carbocycles. The Morgan fingerprint density at radius 2 is 1.64 bits per heavy atom. The van der Waals surface area contributed by atoms with Crippen molar-refractivity contribution in [3.63, 3.8) is 0 Å². The fourth-order valence-electron chi connectivity index (χ4n) is 2.79. The molecule has 1 fully saturated rings. The summed E-state index contributed by atoms with van der Waals surface area (Å²) < 4.78 is 37.0. The molecule has 0 radical (unpaired) electrons. The van der Waals surface area contributed by atoms with Gasteiger partial charge in [0.25, 0.3) is 0 Å². The second-order valence-electron chi connectivity index (χ2n) is 6.59. The number of carbonyl (C=O) groups is 1. The number of amides is 2. The van der Waals surface area contributed by atoms with Crippen LogP contribution in [0.25, 0.3) is 0 Å². The van der Waals surface area contributed by atoms with E-state index in [1.165, 1.54) is 36.7 Å². The van der Waals surface area contributed by atoms with E-state index in [1.54, 1.807) is 0 Å². The number of hydrogen-bond acceptors (Lipinski definition) is 5. The van der Waals surface area contributed by atoms with Crippen molar-refractivity contribution in [1.82, 2.24) is 9.97 Å². The first-order valence-electron chi connectivity index (χ1n) is 8.79. The molecule has 3 rings (SSSR count). The van der Waals surface area contributed by atoms with Gasteiger partial charge in [0.2, 0.25) is 5.95 Å². The molecule has 0 saturated carbocycles. The minimum atomic E-state index is -4.34. The van der Waals surface area contributed by atoms with Gasteiger partial charge in [-0.2, -0.15) is 13.2 Å². The molecule has 2 heterocycles. The molecule has 0 aliphatic carbocycles. The summed E-state index contributed by atoms with van der Waals surface area (Å²) in [4.78, 5) is 22.8. The standard InChI is InChI=1S/C18H20F3N5OS/c1-12-6-8-26(9-7-12)16-22-10-14(11-23-16)25-17(27)24-13-2-4-15(5-3-13)28-18(19,20)21/h2-5,10-12H,6-9H2,1H3,(H2,24,25,27). The molecular formula is C18H20F3N5OS. The fourth-order valence-corrected chi connectivity index (χ4v) is 3.33. The van der Waals surface area contributed by atoms with Crippen LogP contribution in [-0.4, -0.2) is 34.6 Å². The molecular weight excluding hydrogens is 391 g/mol. The van der Waals surface area contributed by atoms with E-state index in [4.69, 9.17) is 0 Å². The lowest BCUT2D eigenvalue weighted by molar-refractivity contribution is -0.0328. The number of hydrogen-bond donors (Lipinski definition) is 2. The third kappa shape index (κ3) is 6.01. The molecule has 0 spiro atoms. The number of aromatic nitrogens is 2. The normalized spacial score (nSPS) is 15.4. The van der Waals surface area contributed by atoms with Gasteiger partial charge in [0.05, 0.1) is 18.1 Å². The van der Waals surface area contributed by atoms with Crippen molar-refractivity contribution in [2.24, 2.45) is 5.92 Å². The number of carbonyl (C=O) groups excluding carboxylic acids is 1. The Kier molecular flexibility index (Phi) is 6.28. The van der Waals surface area contributed by atoms with E-state index < -0.39 is 11.5 Å². The van der Waals surface area contributed by atoms with Gasteiger partial charge in [-0.1, -0.05) is 6.92 Å². The highest BCUT2D eigenvalue weighted by Gasteiger charge is 2.29. The number of benzene rings is 1. The predicted molar refractivity (Wildman–Crippen MR) is 104 cm³/mol. The Morgan fingerprint density at radius 3 is 2.21 bits per heavy atom. The maximum absolute atomic E-state index is 12.3. The number of halogens is 3. The lowest BCUT2D eigenvalue weighted by Crippen LogP contribution is -2.34. The summed E-state index contributed by atoms with van der Waals surface area (Å²) >= 11 is -0.205. The van der Waals surface area contributed by atoms with Gasteiger partial charge in [-0.05, 0) is 54.8 Å². The van der Waals surface area contributed by atoms with Crippen LogP contribution in [0, 0.1) is 5.92 Å². The minimum Gasteiger partial charge on any atom is -0.341 e. The number of thioether (sulfide) groups is 1. The largest absolute Gasteiger partial charge is 0.446 e. The Morgan fingerprint density at radius 1 is 1.07 bits per heavy atom. The smallest absolute Gasteiger partial charge is 0.341 e. The average molecular weight is 411 g/mol. The van der Waals surface area contributed by atoms with Crippen molar-refractivity contribution in [3.8, 4) is 0 Å². The number of urea groups is 1.